The first kappa shape index (κ1) is 29.7. The molecule has 0 aliphatic carbocycles. The van der Waals surface area contributed by atoms with Crippen molar-refractivity contribution in [3.63, 3.8) is 0 Å². The molecule has 1 fully saturated rings. The van der Waals surface area contributed by atoms with Gasteiger partial charge in [0.2, 0.25) is 5.91 Å². The molecule has 0 bridgehead atoms. The number of rotatable bonds is 5. The minimum atomic E-state index is -3.00. The second-order valence-electron chi connectivity index (χ2n) is 13.1. The van der Waals surface area contributed by atoms with Crippen molar-refractivity contribution in [2.45, 2.75) is 62.7 Å². The standard InChI is InChI=1S/C34H37N3O7Si/c1-20-32(45(2,3)42)29(16-30(39)36-17-22-9-5-4-8-21(22)14-24(36)18-38)44-34(20)25-15-23(12-13-26(25)35-33(34)41)37-27-10-6-7-11-28(27)43-19-31(37)40/h4-13,15,20,24,29,32,38,42H,14,16-19H2,1-3H3,(H,35,41)/t20-,24+,29+,32-,34+/m1/s1. The maximum atomic E-state index is 14.0. The van der Waals surface area contributed by atoms with Crippen molar-refractivity contribution in [2.75, 3.05) is 23.4 Å². The van der Waals surface area contributed by atoms with E-state index in [0.717, 1.165) is 11.1 Å². The van der Waals surface area contributed by atoms with Gasteiger partial charge >= 0.3 is 0 Å². The molecule has 0 aromatic heterocycles. The monoisotopic (exact) mass is 627 g/mol. The van der Waals surface area contributed by atoms with Gasteiger partial charge in [0.25, 0.3) is 11.8 Å². The summed E-state index contributed by atoms with van der Waals surface area (Å²) in [7, 11) is -3.00. The summed E-state index contributed by atoms with van der Waals surface area (Å²) in [6.07, 6.45) is -0.221. The summed E-state index contributed by atoms with van der Waals surface area (Å²) in [6, 6.07) is 20.2. The van der Waals surface area contributed by atoms with Gasteiger partial charge in [-0.1, -0.05) is 43.3 Å². The van der Waals surface area contributed by atoms with Crippen LogP contribution in [0.25, 0.3) is 0 Å². The van der Waals surface area contributed by atoms with E-state index < -0.39 is 31.5 Å². The summed E-state index contributed by atoms with van der Waals surface area (Å²) in [5, 5.41) is 13.2. The lowest BCUT2D eigenvalue weighted by atomic mass is 9.82. The molecule has 4 aliphatic heterocycles. The third-order valence-corrected chi connectivity index (χ3v) is 12.5. The van der Waals surface area contributed by atoms with E-state index in [2.05, 4.69) is 5.32 Å². The van der Waals surface area contributed by atoms with E-state index in [1.807, 2.05) is 62.5 Å². The first-order valence-corrected chi connectivity index (χ1v) is 18.4. The second-order valence-corrected chi connectivity index (χ2v) is 17.0. The normalized spacial score (nSPS) is 27.1. The van der Waals surface area contributed by atoms with Crippen molar-refractivity contribution in [3.05, 3.63) is 83.4 Å². The van der Waals surface area contributed by atoms with Gasteiger partial charge in [-0.3, -0.25) is 19.3 Å². The van der Waals surface area contributed by atoms with Crippen molar-refractivity contribution in [1.82, 2.24) is 4.90 Å². The van der Waals surface area contributed by atoms with E-state index in [9.17, 15) is 24.3 Å². The molecular weight excluding hydrogens is 590 g/mol. The number of nitrogens with zero attached hydrogens (tertiary/aromatic N) is 2. The van der Waals surface area contributed by atoms with Crippen LogP contribution >= 0.6 is 0 Å². The van der Waals surface area contributed by atoms with Gasteiger partial charge in [-0.15, -0.1) is 0 Å². The SMILES string of the molecule is C[C@@H]1[C@@H]([Si](C)(C)O)[C@H](CC(=O)N2Cc3ccccc3C[C@H]2CO)O[C@@]12C(=O)Nc1ccc(N3C(=O)COc4ccccc43)cc12. The number of aliphatic hydroxyl groups is 1. The van der Waals surface area contributed by atoms with E-state index in [-0.39, 0.29) is 43.4 Å². The fourth-order valence-corrected chi connectivity index (χ4v) is 10.5. The van der Waals surface area contributed by atoms with Crippen LogP contribution in [0.2, 0.25) is 18.6 Å². The number of nitrogens with one attached hydrogen (secondary N) is 1. The predicted molar refractivity (Wildman–Crippen MR) is 170 cm³/mol. The molecule has 4 aliphatic rings. The molecule has 234 valence electrons. The van der Waals surface area contributed by atoms with Gasteiger partial charge in [0.1, 0.15) is 5.75 Å². The fourth-order valence-electron chi connectivity index (χ4n) is 7.94. The Hall–Kier alpha value is -4.03. The molecule has 3 N–H and O–H groups in total. The molecule has 5 atom stereocenters. The Morgan fingerprint density at radius 2 is 1.80 bits per heavy atom. The zero-order valence-corrected chi connectivity index (χ0v) is 26.5. The van der Waals surface area contributed by atoms with Crippen LogP contribution in [0.4, 0.5) is 17.1 Å². The van der Waals surface area contributed by atoms with Gasteiger partial charge in [-0.05, 0) is 61.0 Å². The molecule has 3 aromatic rings. The molecule has 45 heavy (non-hydrogen) atoms. The molecule has 11 heteroatoms. The highest BCUT2D eigenvalue weighted by Crippen LogP contribution is 2.59. The molecule has 0 unspecified atom stereocenters. The Morgan fingerprint density at radius 1 is 1.07 bits per heavy atom. The number of anilines is 3. The van der Waals surface area contributed by atoms with Crippen LogP contribution < -0.4 is 15.0 Å². The molecule has 3 amide bonds. The molecular formula is C34H37N3O7Si. The smallest absolute Gasteiger partial charge is 0.269 e. The summed E-state index contributed by atoms with van der Waals surface area (Å²) in [5.41, 5.74) is 2.56. The average Bonchev–Trinajstić information content (AvgIpc) is 3.48. The third kappa shape index (κ3) is 4.68. The Kier molecular flexibility index (Phi) is 7.12. The van der Waals surface area contributed by atoms with Crippen LogP contribution in [-0.4, -0.2) is 66.2 Å². The summed E-state index contributed by atoms with van der Waals surface area (Å²) >= 11 is 0. The third-order valence-electron chi connectivity index (χ3n) is 9.95. The van der Waals surface area contributed by atoms with Gasteiger partial charge in [-0.2, -0.15) is 0 Å². The quantitative estimate of drug-likeness (QED) is 0.367. The first-order valence-electron chi connectivity index (χ1n) is 15.4. The molecule has 4 heterocycles. The average molecular weight is 628 g/mol. The van der Waals surface area contributed by atoms with Gasteiger partial charge in [0.15, 0.2) is 20.5 Å². The van der Waals surface area contributed by atoms with Gasteiger partial charge < -0.3 is 29.6 Å². The van der Waals surface area contributed by atoms with Crippen molar-refractivity contribution in [1.29, 1.82) is 0 Å². The number of benzene rings is 3. The zero-order chi connectivity index (χ0) is 31.7. The number of ether oxygens (including phenoxy) is 2. The van der Waals surface area contributed by atoms with Gasteiger partial charge in [-0.25, -0.2) is 0 Å². The van der Waals surface area contributed by atoms with E-state index in [4.69, 9.17) is 9.47 Å². The number of amides is 3. The van der Waals surface area contributed by atoms with Crippen LogP contribution in [0, 0.1) is 5.92 Å². The van der Waals surface area contributed by atoms with Gasteiger partial charge in [0.05, 0.1) is 30.9 Å². The highest BCUT2D eigenvalue weighted by Gasteiger charge is 2.65. The van der Waals surface area contributed by atoms with Crippen molar-refractivity contribution >= 4 is 43.1 Å². The Morgan fingerprint density at radius 3 is 2.56 bits per heavy atom. The maximum Gasteiger partial charge on any atom is 0.269 e. The summed E-state index contributed by atoms with van der Waals surface area (Å²) in [4.78, 5) is 55.9. The highest BCUT2D eigenvalue weighted by molar-refractivity contribution is 6.71. The minimum Gasteiger partial charge on any atom is -0.482 e. The summed E-state index contributed by atoms with van der Waals surface area (Å²) in [5.74, 6) is -0.674. The molecule has 3 aromatic carbocycles. The van der Waals surface area contributed by atoms with E-state index in [1.54, 1.807) is 34.1 Å². The lowest BCUT2D eigenvalue weighted by Crippen LogP contribution is -2.48. The number of carbonyl (C=O) groups excluding carboxylic acids is 3. The molecule has 10 nitrogen and oxygen atoms in total. The lowest BCUT2D eigenvalue weighted by molar-refractivity contribution is -0.149. The van der Waals surface area contributed by atoms with Crippen LogP contribution in [0.15, 0.2) is 66.7 Å². The van der Waals surface area contributed by atoms with Gasteiger partial charge in [0, 0.05) is 34.9 Å². The molecule has 0 saturated carbocycles. The number of para-hydroxylation sites is 2. The second kappa shape index (κ2) is 10.8. The van der Waals surface area contributed by atoms with Crippen molar-refractivity contribution in [3.8, 4) is 5.75 Å². The highest BCUT2D eigenvalue weighted by atomic mass is 28.4. The molecule has 1 saturated heterocycles. The predicted octanol–water partition coefficient (Wildman–Crippen LogP) is 3.83. The minimum absolute atomic E-state index is 0.0377. The van der Waals surface area contributed by atoms with Crippen molar-refractivity contribution in [2.24, 2.45) is 5.92 Å². The number of hydrogen-bond acceptors (Lipinski definition) is 7. The number of aliphatic hydroxyl groups excluding tert-OH is 1. The topological polar surface area (TPSA) is 129 Å². The van der Waals surface area contributed by atoms with Crippen LogP contribution in [0.5, 0.6) is 5.75 Å². The van der Waals surface area contributed by atoms with Crippen LogP contribution in [0.1, 0.15) is 30.0 Å². The molecule has 0 radical (unpaired) electrons. The number of fused-ring (bicyclic) bond motifs is 4. The number of carbonyl (C=O) groups is 3. The van der Waals surface area contributed by atoms with E-state index in [0.29, 0.717) is 41.3 Å². The molecule has 7 rings (SSSR count). The zero-order valence-electron chi connectivity index (χ0n) is 25.5. The van der Waals surface area contributed by atoms with E-state index >= 15 is 0 Å². The molecule has 1 spiro atoms. The lowest BCUT2D eigenvalue weighted by Gasteiger charge is -2.37. The number of hydrogen-bond donors (Lipinski definition) is 3. The van der Waals surface area contributed by atoms with Crippen molar-refractivity contribution < 1.29 is 33.8 Å². The van der Waals surface area contributed by atoms with E-state index in [1.165, 1.54) is 0 Å². The Bertz CT molecular complexity index is 1710. The largest absolute Gasteiger partial charge is 0.482 e. The van der Waals surface area contributed by atoms with Crippen LogP contribution in [-0.2, 0) is 37.7 Å². The Labute approximate surface area is 262 Å². The summed E-state index contributed by atoms with van der Waals surface area (Å²) < 4.78 is 12.4. The summed E-state index contributed by atoms with van der Waals surface area (Å²) in [6.45, 7) is 5.63. The first-order chi connectivity index (χ1) is 21.5. The van der Waals surface area contributed by atoms with Crippen LogP contribution in [0.3, 0.4) is 0 Å². The maximum absolute atomic E-state index is 14.0. The Balaban J connectivity index is 1.24. The fraction of sp³-hybridized carbons (Fsp3) is 0.382.